The molecule has 1 aliphatic heterocycles. The van der Waals surface area contributed by atoms with Crippen LogP contribution in [0.1, 0.15) is 23.3 Å². The average molecular weight is 385 g/mol. The number of anilines is 2. The molecule has 0 radical (unpaired) electrons. The number of benzene rings is 1. The van der Waals surface area contributed by atoms with Crippen LogP contribution in [0.15, 0.2) is 30.6 Å². The van der Waals surface area contributed by atoms with Crippen molar-refractivity contribution in [3.63, 3.8) is 0 Å². The Bertz CT molecular complexity index is 946. The van der Waals surface area contributed by atoms with Gasteiger partial charge in [0.1, 0.15) is 17.0 Å². The van der Waals surface area contributed by atoms with Crippen LogP contribution >= 0.6 is 22.9 Å². The first-order chi connectivity index (χ1) is 12.8. The van der Waals surface area contributed by atoms with Crippen molar-refractivity contribution in [1.29, 1.82) is 0 Å². The van der Waals surface area contributed by atoms with Gasteiger partial charge in [-0.1, -0.05) is 17.7 Å². The van der Waals surface area contributed by atoms with E-state index in [9.17, 15) is 0 Å². The van der Waals surface area contributed by atoms with E-state index in [0.29, 0.717) is 0 Å². The van der Waals surface area contributed by atoms with Crippen LogP contribution in [0.4, 0.5) is 11.5 Å². The molecule has 26 heavy (non-hydrogen) atoms. The number of aromatic nitrogens is 2. The predicted molar refractivity (Wildman–Crippen MR) is 110 cm³/mol. The van der Waals surface area contributed by atoms with Crippen molar-refractivity contribution < 1.29 is 0 Å². The molecule has 6 heteroatoms. The largest absolute Gasteiger partial charge is 0.368 e. The topological polar surface area (TPSA) is 32.3 Å². The van der Waals surface area contributed by atoms with Gasteiger partial charge in [-0.15, -0.1) is 11.3 Å². The van der Waals surface area contributed by atoms with Gasteiger partial charge in [0.05, 0.1) is 5.39 Å². The molecule has 0 amide bonds. The quantitative estimate of drug-likeness (QED) is 0.648. The van der Waals surface area contributed by atoms with E-state index in [4.69, 9.17) is 16.6 Å². The molecule has 0 bridgehead atoms. The zero-order chi connectivity index (χ0) is 17.5. The van der Waals surface area contributed by atoms with Crippen molar-refractivity contribution in [3.05, 3.63) is 46.1 Å². The first-order valence-electron chi connectivity index (χ1n) is 9.30. The number of hydrogen-bond donors (Lipinski definition) is 0. The van der Waals surface area contributed by atoms with Gasteiger partial charge >= 0.3 is 0 Å². The number of aryl methyl sites for hydroxylation is 2. The summed E-state index contributed by atoms with van der Waals surface area (Å²) in [5.41, 5.74) is 2.72. The minimum atomic E-state index is 0.798. The normalized spacial score (nSPS) is 17.6. The Labute approximate surface area is 162 Å². The maximum absolute atomic E-state index is 6.16. The van der Waals surface area contributed by atoms with Gasteiger partial charge in [0.2, 0.25) is 0 Å². The van der Waals surface area contributed by atoms with E-state index in [-0.39, 0.29) is 0 Å². The summed E-state index contributed by atoms with van der Waals surface area (Å²) < 4.78 is 0. The fraction of sp³-hybridized carbons (Fsp3) is 0.400. The fourth-order valence-electron chi connectivity index (χ4n) is 4.16. The Morgan fingerprint density at radius 3 is 2.62 bits per heavy atom. The highest BCUT2D eigenvalue weighted by Crippen LogP contribution is 2.39. The van der Waals surface area contributed by atoms with Gasteiger partial charge in [0, 0.05) is 41.8 Å². The molecule has 1 aliphatic carbocycles. The molecule has 0 unspecified atom stereocenters. The maximum Gasteiger partial charge on any atom is 0.141 e. The third-order valence-corrected chi connectivity index (χ3v) is 6.92. The molecule has 4 nitrogen and oxygen atoms in total. The zero-order valence-corrected chi connectivity index (χ0v) is 16.2. The number of rotatable bonds is 2. The summed E-state index contributed by atoms with van der Waals surface area (Å²) in [6.07, 6.45) is 6.72. The number of halogens is 1. The summed E-state index contributed by atoms with van der Waals surface area (Å²) >= 11 is 8.03. The third-order valence-electron chi connectivity index (χ3n) is 5.48. The summed E-state index contributed by atoms with van der Waals surface area (Å²) in [5.74, 6) is 1.14. The van der Waals surface area contributed by atoms with Crippen LogP contribution in [-0.2, 0) is 12.8 Å². The molecule has 1 saturated heterocycles. The molecule has 1 fully saturated rings. The third kappa shape index (κ3) is 2.83. The number of hydrogen-bond acceptors (Lipinski definition) is 5. The van der Waals surface area contributed by atoms with Crippen LogP contribution in [0.25, 0.3) is 10.2 Å². The van der Waals surface area contributed by atoms with E-state index in [1.54, 1.807) is 6.33 Å². The number of nitrogens with zero attached hydrogens (tertiary/aromatic N) is 4. The van der Waals surface area contributed by atoms with Crippen LogP contribution in [0.2, 0.25) is 5.02 Å². The lowest BCUT2D eigenvalue weighted by Crippen LogP contribution is -2.47. The highest BCUT2D eigenvalue weighted by atomic mass is 35.5. The van der Waals surface area contributed by atoms with Gasteiger partial charge in [-0.25, -0.2) is 9.97 Å². The van der Waals surface area contributed by atoms with Crippen LogP contribution in [0.3, 0.4) is 0 Å². The van der Waals surface area contributed by atoms with Crippen LogP contribution in [0.5, 0.6) is 0 Å². The van der Waals surface area contributed by atoms with E-state index in [2.05, 4.69) is 26.9 Å². The Morgan fingerprint density at radius 1 is 0.962 bits per heavy atom. The second-order valence-corrected chi connectivity index (χ2v) is 8.56. The molecule has 3 aromatic rings. The molecule has 2 aliphatic rings. The lowest BCUT2D eigenvalue weighted by atomic mass is 9.97. The lowest BCUT2D eigenvalue weighted by molar-refractivity contribution is 0.648. The summed E-state index contributed by atoms with van der Waals surface area (Å²) in [4.78, 5) is 16.8. The van der Waals surface area contributed by atoms with Crippen molar-refractivity contribution in [2.45, 2.75) is 25.7 Å². The molecule has 0 atom stereocenters. The Kier molecular flexibility index (Phi) is 4.21. The first-order valence-corrected chi connectivity index (χ1v) is 10.5. The number of thiophene rings is 1. The van der Waals surface area contributed by atoms with Crippen molar-refractivity contribution in [2.24, 2.45) is 0 Å². The summed E-state index contributed by atoms with van der Waals surface area (Å²) in [5, 5.41) is 2.12. The van der Waals surface area contributed by atoms with Crippen molar-refractivity contribution >= 4 is 44.7 Å². The first kappa shape index (κ1) is 16.3. The molecule has 134 valence electrons. The smallest absolute Gasteiger partial charge is 0.141 e. The standard InChI is InChI=1S/C20H21ClN4S/c21-14-4-3-5-15(12-14)24-8-10-25(11-9-24)19-18-16-6-1-2-7-17(16)26-20(18)23-13-22-19/h3-5,12-13H,1-2,6-11H2. The molecule has 0 spiro atoms. The Hall–Kier alpha value is -1.85. The van der Waals surface area contributed by atoms with Gasteiger partial charge in [0.15, 0.2) is 0 Å². The van der Waals surface area contributed by atoms with E-state index < -0.39 is 0 Å². The molecule has 5 rings (SSSR count). The predicted octanol–water partition coefficient (Wildman–Crippen LogP) is 4.55. The van der Waals surface area contributed by atoms with Gasteiger partial charge in [0.25, 0.3) is 0 Å². The summed E-state index contributed by atoms with van der Waals surface area (Å²) in [7, 11) is 0. The molecule has 3 heterocycles. The Morgan fingerprint density at radius 2 is 1.77 bits per heavy atom. The van der Waals surface area contributed by atoms with Gasteiger partial charge in [-0.05, 0) is 49.4 Å². The fourth-order valence-corrected chi connectivity index (χ4v) is 5.57. The highest BCUT2D eigenvalue weighted by molar-refractivity contribution is 7.19. The Balaban J connectivity index is 1.42. The number of fused-ring (bicyclic) bond motifs is 3. The molecule has 0 saturated carbocycles. The van der Waals surface area contributed by atoms with Gasteiger partial charge < -0.3 is 9.80 Å². The molecular weight excluding hydrogens is 364 g/mol. The molecule has 0 N–H and O–H groups in total. The molecular formula is C20H21ClN4S. The minimum absolute atomic E-state index is 0.798. The van der Waals surface area contributed by atoms with E-state index in [1.165, 1.54) is 52.0 Å². The summed E-state index contributed by atoms with van der Waals surface area (Å²) in [6.45, 7) is 3.92. The second-order valence-electron chi connectivity index (χ2n) is 7.04. The van der Waals surface area contributed by atoms with E-state index in [0.717, 1.165) is 37.0 Å². The SMILES string of the molecule is Clc1cccc(N2CCN(c3ncnc4sc5c(c34)CCCC5)CC2)c1. The molecule has 2 aromatic heterocycles. The van der Waals surface area contributed by atoms with Crippen LogP contribution in [0, 0.1) is 0 Å². The monoisotopic (exact) mass is 384 g/mol. The van der Waals surface area contributed by atoms with Gasteiger partial charge in [-0.2, -0.15) is 0 Å². The van der Waals surface area contributed by atoms with E-state index >= 15 is 0 Å². The van der Waals surface area contributed by atoms with Crippen LogP contribution in [-0.4, -0.2) is 36.1 Å². The summed E-state index contributed by atoms with van der Waals surface area (Å²) in [6, 6.07) is 8.14. The highest BCUT2D eigenvalue weighted by Gasteiger charge is 2.25. The van der Waals surface area contributed by atoms with Gasteiger partial charge in [-0.3, -0.25) is 0 Å². The number of piperazine rings is 1. The molecule has 1 aromatic carbocycles. The lowest BCUT2D eigenvalue weighted by Gasteiger charge is -2.37. The maximum atomic E-state index is 6.16. The van der Waals surface area contributed by atoms with Crippen molar-refractivity contribution in [1.82, 2.24) is 9.97 Å². The minimum Gasteiger partial charge on any atom is -0.368 e. The van der Waals surface area contributed by atoms with Crippen molar-refractivity contribution in [2.75, 3.05) is 36.0 Å². The zero-order valence-electron chi connectivity index (χ0n) is 14.6. The average Bonchev–Trinajstić information content (AvgIpc) is 3.07. The van der Waals surface area contributed by atoms with E-state index in [1.807, 2.05) is 23.5 Å². The van der Waals surface area contributed by atoms with Crippen molar-refractivity contribution in [3.8, 4) is 0 Å². The second kappa shape index (κ2) is 6.71. The van der Waals surface area contributed by atoms with Crippen LogP contribution < -0.4 is 9.80 Å².